The summed E-state index contributed by atoms with van der Waals surface area (Å²) < 4.78 is 0. The van der Waals surface area contributed by atoms with Crippen molar-refractivity contribution in [2.45, 2.75) is 6.42 Å². The van der Waals surface area contributed by atoms with Crippen molar-refractivity contribution in [2.75, 3.05) is 0 Å². The predicted molar refractivity (Wildman–Crippen MR) is 33.3 cm³/mol. The van der Waals surface area contributed by atoms with E-state index in [9.17, 15) is 0 Å². The molecule has 0 spiro atoms. The van der Waals surface area contributed by atoms with E-state index in [2.05, 4.69) is 11.9 Å². The summed E-state index contributed by atoms with van der Waals surface area (Å²) in [5.41, 5.74) is 1.05. The van der Waals surface area contributed by atoms with Gasteiger partial charge in [0.2, 0.25) is 0 Å². The molecule has 1 aromatic rings. The van der Waals surface area contributed by atoms with Crippen LogP contribution in [0.1, 0.15) is 5.69 Å². The predicted octanol–water partition coefficient (Wildman–Crippen LogP) is 1.46. The Bertz CT molecular complexity index is 150. The first-order valence-electron chi connectivity index (χ1n) is 2.62. The van der Waals surface area contributed by atoms with Crippen LogP contribution in [0.4, 0.5) is 0 Å². The number of hydrogen-bond donors (Lipinski definition) is 0. The average Bonchev–Trinajstić information content (AvgIpc) is 1.90. The Hall–Kier alpha value is -0.227. The summed E-state index contributed by atoms with van der Waals surface area (Å²) in [7, 11) is 0. The van der Waals surface area contributed by atoms with Gasteiger partial charge in [0, 0.05) is 11.9 Å². The molecule has 1 rings (SSSR count). The zero-order valence-corrected chi connectivity index (χ0v) is 6.76. The van der Waals surface area contributed by atoms with Gasteiger partial charge in [-0.15, -0.1) is 6.42 Å². The summed E-state index contributed by atoms with van der Waals surface area (Å²) >= 11 is 0. The first kappa shape index (κ1) is 8.77. The van der Waals surface area contributed by atoms with Crippen molar-refractivity contribution < 1.29 is 19.5 Å². The number of hydrogen-bond acceptors (Lipinski definition) is 1. The van der Waals surface area contributed by atoms with Crippen molar-refractivity contribution in [3.63, 3.8) is 0 Å². The standard InChI is InChI=1S/C7H8N.Ru/c1-2-7-5-3-4-6-8-7;/h3-6H,1-2H2;/q-1;+1. The molecule has 1 nitrogen and oxygen atoms in total. The molecule has 1 radical (unpaired) electrons. The van der Waals surface area contributed by atoms with Crippen molar-refractivity contribution in [1.29, 1.82) is 0 Å². The number of aromatic nitrogens is 1. The summed E-state index contributed by atoms with van der Waals surface area (Å²) in [5, 5.41) is 0. The van der Waals surface area contributed by atoms with Crippen LogP contribution in [0.3, 0.4) is 0 Å². The molecule has 1 aromatic heterocycles. The van der Waals surface area contributed by atoms with Crippen molar-refractivity contribution in [3.05, 3.63) is 37.0 Å². The van der Waals surface area contributed by atoms with Crippen LogP contribution in [0.5, 0.6) is 0 Å². The fourth-order valence-corrected chi connectivity index (χ4v) is 0.546. The first-order chi connectivity index (χ1) is 3.93. The topological polar surface area (TPSA) is 12.9 Å². The summed E-state index contributed by atoms with van der Waals surface area (Å²) in [6, 6.07) is 5.83. The third kappa shape index (κ3) is 2.71. The van der Waals surface area contributed by atoms with Gasteiger partial charge < -0.3 is 6.92 Å². The van der Waals surface area contributed by atoms with Crippen LogP contribution in [0, 0.1) is 6.92 Å². The molecule has 2 heteroatoms. The third-order valence-corrected chi connectivity index (χ3v) is 0.982. The van der Waals surface area contributed by atoms with Crippen molar-refractivity contribution in [2.24, 2.45) is 0 Å². The molecule has 0 N–H and O–H groups in total. The van der Waals surface area contributed by atoms with E-state index in [0.717, 1.165) is 12.1 Å². The molecule has 1 heterocycles. The Morgan fingerprint density at radius 3 is 2.56 bits per heavy atom. The summed E-state index contributed by atoms with van der Waals surface area (Å²) in [5.74, 6) is 0. The number of rotatable bonds is 1. The quantitative estimate of drug-likeness (QED) is 0.502. The molecule has 49 valence electrons. The third-order valence-electron chi connectivity index (χ3n) is 0.982. The number of nitrogens with zero attached hydrogens (tertiary/aromatic N) is 1. The summed E-state index contributed by atoms with van der Waals surface area (Å²) in [4.78, 5) is 4.03. The van der Waals surface area contributed by atoms with Crippen molar-refractivity contribution >= 4 is 0 Å². The van der Waals surface area contributed by atoms with Crippen LogP contribution < -0.4 is 0 Å². The van der Waals surface area contributed by atoms with E-state index in [1.807, 2.05) is 18.2 Å². The molecule has 0 aliphatic heterocycles. The van der Waals surface area contributed by atoms with Gasteiger partial charge in [0.25, 0.3) is 0 Å². The second kappa shape index (κ2) is 4.63. The van der Waals surface area contributed by atoms with Gasteiger partial charge in [-0.3, -0.25) is 4.98 Å². The first-order valence-corrected chi connectivity index (χ1v) is 2.62. The smallest absolute Gasteiger partial charge is 0.338 e. The molecule has 0 aliphatic carbocycles. The van der Waals surface area contributed by atoms with Crippen LogP contribution in [-0.4, -0.2) is 4.98 Å². The maximum atomic E-state index is 4.03. The average molecular weight is 207 g/mol. The van der Waals surface area contributed by atoms with E-state index in [1.54, 1.807) is 6.20 Å². The molecular weight excluding hydrogens is 199 g/mol. The van der Waals surface area contributed by atoms with Gasteiger partial charge in [0.1, 0.15) is 0 Å². The van der Waals surface area contributed by atoms with Gasteiger partial charge in [0.15, 0.2) is 0 Å². The fraction of sp³-hybridized carbons (Fsp3) is 0.143. The maximum Gasteiger partial charge on any atom is 1.00 e. The molecule has 0 saturated carbocycles. The molecule has 0 atom stereocenters. The van der Waals surface area contributed by atoms with E-state index >= 15 is 0 Å². The van der Waals surface area contributed by atoms with E-state index < -0.39 is 0 Å². The Kier molecular flexibility index (Phi) is 4.52. The molecule has 0 bridgehead atoms. The molecule has 0 fully saturated rings. The Balaban J connectivity index is 0.000000640. The zero-order chi connectivity index (χ0) is 5.82. The second-order valence-electron chi connectivity index (χ2n) is 1.57. The van der Waals surface area contributed by atoms with Gasteiger partial charge in [-0.05, 0) is 12.1 Å². The van der Waals surface area contributed by atoms with Gasteiger partial charge >= 0.3 is 19.5 Å². The second-order valence-corrected chi connectivity index (χ2v) is 1.57. The van der Waals surface area contributed by atoms with Gasteiger partial charge in [0.05, 0.1) is 0 Å². The van der Waals surface area contributed by atoms with E-state index in [-0.39, 0.29) is 19.5 Å². The number of pyridine rings is 1. The van der Waals surface area contributed by atoms with Crippen LogP contribution in [0.15, 0.2) is 24.4 Å². The summed E-state index contributed by atoms with van der Waals surface area (Å²) in [6.45, 7) is 3.69. The molecule has 0 amide bonds. The van der Waals surface area contributed by atoms with E-state index in [1.165, 1.54) is 0 Å². The minimum Gasteiger partial charge on any atom is -0.338 e. The van der Waals surface area contributed by atoms with Crippen molar-refractivity contribution in [3.8, 4) is 0 Å². The van der Waals surface area contributed by atoms with E-state index in [4.69, 9.17) is 0 Å². The minimum atomic E-state index is 0. The fourth-order valence-electron chi connectivity index (χ4n) is 0.546. The SMILES string of the molecule is [CH2-]Cc1ccccn1.[Ru+]. The van der Waals surface area contributed by atoms with Crippen LogP contribution >= 0.6 is 0 Å². The normalized spacial score (nSPS) is 8.11. The van der Waals surface area contributed by atoms with Crippen LogP contribution in [0.2, 0.25) is 0 Å². The van der Waals surface area contributed by atoms with Crippen LogP contribution in [-0.2, 0) is 25.9 Å². The van der Waals surface area contributed by atoms with Crippen molar-refractivity contribution in [1.82, 2.24) is 4.98 Å². The molecule has 0 aromatic carbocycles. The molecular formula is C7H8NRu. The maximum absolute atomic E-state index is 4.03. The van der Waals surface area contributed by atoms with E-state index in [0.29, 0.717) is 0 Å². The molecule has 9 heavy (non-hydrogen) atoms. The van der Waals surface area contributed by atoms with Gasteiger partial charge in [-0.25, -0.2) is 0 Å². The Morgan fingerprint density at radius 2 is 2.22 bits per heavy atom. The summed E-state index contributed by atoms with van der Waals surface area (Å²) in [6.07, 6.45) is 2.56. The van der Waals surface area contributed by atoms with Crippen LogP contribution in [0.25, 0.3) is 0 Å². The zero-order valence-electron chi connectivity index (χ0n) is 5.02. The van der Waals surface area contributed by atoms with Gasteiger partial charge in [-0.1, -0.05) is 6.07 Å². The largest absolute Gasteiger partial charge is 1.00 e. The Morgan fingerprint density at radius 1 is 1.44 bits per heavy atom. The Labute approximate surface area is 68.3 Å². The molecule has 0 unspecified atom stereocenters. The molecule has 0 aliphatic rings. The van der Waals surface area contributed by atoms with Gasteiger partial charge in [-0.2, -0.15) is 0 Å². The minimum absolute atomic E-state index is 0. The monoisotopic (exact) mass is 208 g/mol. The molecule has 0 saturated heterocycles.